The van der Waals surface area contributed by atoms with Crippen LogP contribution in [0.2, 0.25) is 5.02 Å². The van der Waals surface area contributed by atoms with Gasteiger partial charge in [-0.05, 0) is 31.0 Å². The van der Waals surface area contributed by atoms with Gasteiger partial charge in [-0.3, -0.25) is 0 Å². The van der Waals surface area contributed by atoms with E-state index in [9.17, 15) is 4.39 Å². The topological polar surface area (TPSA) is 63.8 Å². The van der Waals surface area contributed by atoms with Crippen LogP contribution in [-0.2, 0) is 0 Å². The van der Waals surface area contributed by atoms with Gasteiger partial charge in [0.15, 0.2) is 5.82 Å². The van der Waals surface area contributed by atoms with Gasteiger partial charge in [0, 0.05) is 21.8 Å². The Morgan fingerprint density at radius 2 is 1.95 bits per heavy atom. The van der Waals surface area contributed by atoms with E-state index < -0.39 is 5.82 Å². The van der Waals surface area contributed by atoms with Gasteiger partial charge in [0.2, 0.25) is 0 Å². The summed E-state index contributed by atoms with van der Waals surface area (Å²) in [5.41, 5.74) is 4.85. The smallest absolute Gasteiger partial charge is 0.161 e. The van der Waals surface area contributed by atoms with Crippen LogP contribution < -0.4 is 11.3 Å². The average Bonchev–Trinajstić information content (AvgIpc) is 2.35. The molecule has 0 atom stereocenters. The second kappa shape index (κ2) is 5.73. The summed E-state index contributed by atoms with van der Waals surface area (Å²) in [4.78, 5) is 8.78. The van der Waals surface area contributed by atoms with Gasteiger partial charge in [0.25, 0.3) is 0 Å². The van der Waals surface area contributed by atoms with E-state index in [0.29, 0.717) is 22.2 Å². The summed E-state index contributed by atoms with van der Waals surface area (Å²) in [5, 5.41) is 0.302. The van der Waals surface area contributed by atoms with Crippen molar-refractivity contribution >= 4 is 17.4 Å². The second-order valence-electron chi connectivity index (χ2n) is 4.85. The van der Waals surface area contributed by atoms with Gasteiger partial charge in [-0.15, -0.1) is 0 Å². The molecule has 0 saturated heterocycles. The monoisotopic (exact) mass is 294 g/mol. The van der Waals surface area contributed by atoms with Crippen LogP contribution in [0.15, 0.2) is 18.2 Å². The first kappa shape index (κ1) is 14.7. The zero-order valence-electron chi connectivity index (χ0n) is 11.5. The number of aryl methyl sites for hydroxylation is 1. The molecule has 1 aromatic heterocycles. The summed E-state index contributed by atoms with van der Waals surface area (Å²) in [5.74, 6) is 6.26. The van der Waals surface area contributed by atoms with Crippen molar-refractivity contribution in [3.05, 3.63) is 40.3 Å². The number of aromatic nitrogens is 2. The van der Waals surface area contributed by atoms with Crippen molar-refractivity contribution in [2.24, 2.45) is 5.84 Å². The SMILES string of the molecule is Cc1nc(-c2cc(F)cc(Cl)c2)nc(NN)c1C(C)C. The van der Waals surface area contributed by atoms with Crippen LogP contribution in [0.3, 0.4) is 0 Å². The lowest BCUT2D eigenvalue weighted by Gasteiger charge is -2.15. The molecule has 0 radical (unpaired) electrons. The minimum atomic E-state index is -0.427. The molecular weight excluding hydrogens is 279 g/mol. The van der Waals surface area contributed by atoms with Crippen LogP contribution in [0, 0.1) is 12.7 Å². The Morgan fingerprint density at radius 3 is 2.50 bits per heavy atom. The van der Waals surface area contributed by atoms with E-state index >= 15 is 0 Å². The van der Waals surface area contributed by atoms with Crippen molar-refractivity contribution in [1.29, 1.82) is 0 Å². The number of anilines is 1. The molecule has 2 rings (SSSR count). The number of halogens is 2. The molecule has 2 aromatic rings. The molecule has 0 fully saturated rings. The molecule has 0 spiro atoms. The van der Waals surface area contributed by atoms with Crippen molar-refractivity contribution in [3.63, 3.8) is 0 Å². The molecule has 1 aromatic carbocycles. The van der Waals surface area contributed by atoms with E-state index in [1.807, 2.05) is 20.8 Å². The molecule has 6 heteroatoms. The van der Waals surface area contributed by atoms with E-state index in [-0.39, 0.29) is 5.92 Å². The Hall–Kier alpha value is -1.72. The van der Waals surface area contributed by atoms with Crippen molar-refractivity contribution in [2.45, 2.75) is 26.7 Å². The van der Waals surface area contributed by atoms with E-state index in [1.54, 1.807) is 6.07 Å². The number of benzene rings is 1. The molecule has 0 aliphatic carbocycles. The van der Waals surface area contributed by atoms with Crippen LogP contribution in [0.25, 0.3) is 11.4 Å². The zero-order valence-corrected chi connectivity index (χ0v) is 12.3. The highest BCUT2D eigenvalue weighted by atomic mass is 35.5. The highest BCUT2D eigenvalue weighted by Crippen LogP contribution is 2.28. The predicted molar refractivity (Wildman–Crippen MR) is 79.1 cm³/mol. The fourth-order valence-corrected chi connectivity index (χ4v) is 2.42. The maximum Gasteiger partial charge on any atom is 0.161 e. The number of nitrogen functional groups attached to an aromatic ring is 1. The molecule has 0 aliphatic heterocycles. The summed E-state index contributed by atoms with van der Waals surface area (Å²) < 4.78 is 13.4. The van der Waals surface area contributed by atoms with Crippen molar-refractivity contribution in [3.8, 4) is 11.4 Å². The van der Waals surface area contributed by atoms with Crippen molar-refractivity contribution in [1.82, 2.24) is 9.97 Å². The van der Waals surface area contributed by atoms with Gasteiger partial charge >= 0.3 is 0 Å². The van der Waals surface area contributed by atoms with E-state index in [0.717, 1.165) is 11.3 Å². The third kappa shape index (κ3) is 2.89. The number of hydrazine groups is 1. The summed E-state index contributed by atoms with van der Waals surface area (Å²) in [6.07, 6.45) is 0. The zero-order chi connectivity index (χ0) is 14.9. The highest BCUT2D eigenvalue weighted by Gasteiger charge is 2.15. The second-order valence-corrected chi connectivity index (χ2v) is 5.29. The molecule has 0 unspecified atom stereocenters. The van der Waals surface area contributed by atoms with Gasteiger partial charge in [-0.25, -0.2) is 20.2 Å². The maximum atomic E-state index is 13.4. The minimum Gasteiger partial charge on any atom is -0.308 e. The van der Waals surface area contributed by atoms with Gasteiger partial charge < -0.3 is 5.43 Å². The first-order valence-corrected chi connectivity index (χ1v) is 6.61. The summed E-state index contributed by atoms with van der Waals surface area (Å²) >= 11 is 5.86. The van der Waals surface area contributed by atoms with Gasteiger partial charge in [-0.1, -0.05) is 25.4 Å². The molecule has 0 amide bonds. The highest BCUT2D eigenvalue weighted by molar-refractivity contribution is 6.30. The van der Waals surface area contributed by atoms with Crippen LogP contribution in [0.1, 0.15) is 31.0 Å². The first-order valence-electron chi connectivity index (χ1n) is 6.24. The lowest BCUT2D eigenvalue weighted by Crippen LogP contribution is -2.14. The summed E-state index contributed by atoms with van der Waals surface area (Å²) in [6, 6.07) is 4.20. The predicted octanol–water partition coefficient (Wildman–Crippen LogP) is 3.65. The molecular formula is C14H16ClFN4. The molecule has 0 bridgehead atoms. The Morgan fingerprint density at radius 1 is 1.25 bits per heavy atom. The fourth-order valence-electron chi connectivity index (χ4n) is 2.19. The molecule has 106 valence electrons. The van der Waals surface area contributed by atoms with Crippen LogP contribution in [-0.4, -0.2) is 9.97 Å². The number of nitrogens with zero attached hydrogens (tertiary/aromatic N) is 2. The Bertz CT molecular complexity index is 623. The number of hydrogen-bond acceptors (Lipinski definition) is 4. The fraction of sp³-hybridized carbons (Fsp3) is 0.286. The summed E-state index contributed by atoms with van der Waals surface area (Å²) in [6.45, 7) is 5.94. The number of rotatable bonds is 3. The molecule has 0 aliphatic rings. The largest absolute Gasteiger partial charge is 0.308 e. The van der Waals surface area contributed by atoms with Gasteiger partial charge in [0.1, 0.15) is 11.6 Å². The third-order valence-corrected chi connectivity index (χ3v) is 3.19. The van der Waals surface area contributed by atoms with E-state index in [4.69, 9.17) is 17.4 Å². The van der Waals surface area contributed by atoms with Gasteiger partial charge in [0.05, 0.1) is 0 Å². The normalized spacial score (nSPS) is 10.9. The van der Waals surface area contributed by atoms with Crippen molar-refractivity contribution < 1.29 is 4.39 Å². The lowest BCUT2D eigenvalue weighted by atomic mass is 10.0. The molecule has 3 N–H and O–H groups in total. The quantitative estimate of drug-likeness (QED) is 0.670. The van der Waals surface area contributed by atoms with E-state index in [1.165, 1.54) is 12.1 Å². The summed E-state index contributed by atoms with van der Waals surface area (Å²) in [7, 11) is 0. The average molecular weight is 295 g/mol. The number of nitrogens with two attached hydrogens (primary N) is 1. The number of nitrogens with one attached hydrogen (secondary N) is 1. The van der Waals surface area contributed by atoms with Crippen molar-refractivity contribution in [2.75, 3.05) is 5.43 Å². The Labute approximate surface area is 122 Å². The molecule has 4 nitrogen and oxygen atoms in total. The van der Waals surface area contributed by atoms with Gasteiger partial charge in [-0.2, -0.15) is 0 Å². The first-order chi connectivity index (χ1) is 9.42. The number of hydrogen-bond donors (Lipinski definition) is 2. The molecule has 20 heavy (non-hydrogen) atoms. The van der Waals surface area contributed by atoms with Crippen LogP contribution in [0.5, 0.6) is 0 Å². The Kier molecular flexibility index (Phi) is 4.20. The lowest BCUT2D eigenvalue weighted by molar-refractivity contribution is 0.628. The van der Waals surface area contributed by atoms with Crippen LogP contribution >= 0.6 is 11.6 Å². The third-order valence-electron chi connectivity index (χ3n) is 2.97. The molecule has 1 heterocycles. The van der Waals surface area contributed by atoms with Crippen LogP contribution in [0.4, 0.5) is 10.2 Å². The Balaban J connectivity index is 2.61. The minimum absolute atomic E-state index is 0.228. The maximum absolute atomic E-state index is 13.4. The standard InChI is InChI=1S/C14H16ClFN4/c1-7(2)12-8(3)18-13(19-14(12)20-17)9-4-10(15)6-11(16)5-9/h4-7H,17H2,1-3H3,(H,18,19,20). The van der Waals surface area contributed by atoms with E-state index in [2.05, 4.69) is 15.4 Å². The molecule has 0 saturated carbocycles.